The highest BCUT2D eigenvalue weighted by Crippen LogP contribution is 2.37. The van der Waals surface area contributed by atoms with Crippen molar-refractivity contribution in [2.45, 2.75) is 6.61 Å². The fourth-order valence-corrected chi connectivity index (χ4v) is 4.30. The number of rotatable bonds is 8. The molecule has 0 atom stereocenters. The summed E-state index contributed by atoms with van der Waals surface area (Å²) in [6.45, 7) is 0.236. The molecule has 10 heteroatoms. The Morgan fingerprint density at radius 1 is 1.22 bits per heavy atom. The molecule has 0 amide bonds. The summed E-state index contributed by atoms with van der Waals surface area (Å²) in [6, 6.07) is 17.8. The number of anilines is 1. The summed E-state index contributed by atoms with van der Waals surface area (Å²) in [7, 11) is 1.56. The standard InChI is InChI=1S/C22H17BrN4O4S/c1-30-19-11-15(12-24-26-22-25-18-4-2-3-5-20(18)32-22)10-17(23)21(19)31-13-14-6-8-16(9-7-14)27(28)29/h2-12H,13H2,1H3,(H,25,26)/b24-12-. The summed E-state index contributed by atoms with van der Waals surface area (Å²) in [6.07, 6.45) is 1.67. The Balaban J connectivity index is 1.45. The van der Waals surface area contributed by atoms with E-state index in [9.17, 15) is 10.1 Å². The lowest BCUT2D eigenvalue weighted by Gasteiger charge is -2.13. The van der Waals surface area contributed by atoms with Gasteiger partial charge in [-0.1, -0.05) is 23.5 Å². The van der Waals surface area contributed by atoms with Gasteiger partial charge in [-0.25, -0.2) is 4.98 Å². The van der Waals surface area contributed by atoms with Crippen LogP contribution >= 0.6 is 27.3 Å². The number of halogens is 1. The van der Waals surface area contributed by atoms with Crippen molar-refractivity contribution in [3.05, 3.63) is 86.4 Å². The van der Waals surface area contributed by atoms with Crippen LogP contribution in [0.3, 0.4) is 0 Å². The highest BCUT2D eigenvalue weighted by molar-refractivity contribution is 9.10. The first-order valence-electron chi connectivity index (χ1n) is 9.42. The molecule has 0 radical (unpaired) electrons. The number of benzene rings is 3. The van der Waals surface area contributed by atoms with Crippen LogP contribution in [0.1, 0.15) is 11.1 Å². The molecule has 0 aliphatic rings. The number of thiazole rings is 1. The summed E-state index contributed by atoms with van der Waals surface area (Å²) in [5.41, 5.74) is 5.51. The summed E-state index contributed by atoms with van der Waals surface area (Å²) >= 11 is 5.04. The van der Waals surface area contributed by atoms with Crippen LogP contribution in [0, 0.1) is 10.1 Å². The molecule has 1 N–H and O–H groups in total. The van der Waals surface area contributed by atoms with Crippen LogP contribution in [0.5, 0.6) is 11.5 Å². The number of para-hydroxylation sites is 1. The fraction of sp³-hybridized carbons (Fsp3) is 0.0909. The number of aromatic nitrogens is 1. The maximum Gasteiger partial charge on any atom is 0.269 e. The van der Waals surface area contributed by atoms with E-state index >= 15 is 0 Å². The van der Waals surface area contributed by atoms with Crippen molar-refractivity contribution in [2.24, 2.45) is 5.10 Å². The molecule has 8 nitrogen and oxygen atoms in total. The minimum absolute atomic E-state index is 0.0376. The average molecular weight is 513 g/mol. The summed E-state index contributed by atoms with van der Waals surface area (Å²) < 4.78 is 13.2. The van der Waals surface area contributed by atoms with Gasteiger partial charge in [-0.05, 0) is 63.5 Å². The van der Waals surface area contributed by atoms with Crippen LogP contribution in [-0.4, -0.2) is 23.2 Å². The second-order valence-corrected chi connectivity index (χ2v) is 8.49. The minimum Gasteiger partial charge on any atom is -0.493 e. The smallest absolute Gasteiger partial charge is 0.269 e. The molecular weight excluding hydrogens is 496 g/mol. The summed E-state index contributed by atoms with van der Waals surface area (Å²) in [5, 5.41) is 15.8. The van der Waals surface area contributed by atoms with Gasteiger partial charge in [0.05, 0.1) is 32.9 Å². The Kier molecular flexibility index (Phi) is 6.62. The van der Waals surface area contributed by atoms with Gasteiger partial charge >= 0.3 is 0 Å². The zero-order valence-corrected chi connectivity index (χ0v) is 19.2. The lowest BCUT2D eigenvalue weighted by molar-refractivity contribution is -0.384. The van der Waals surface area contributed by atoms with Gasteiger partial charge in [-0.15, -0.1) is 0 Å². The van der Waals surface area contributed by atoms with Crippen molar-refractivity contribution in [3.8, 4) is 11.5 Å². The molecule has 32 heavy (non-hydrogen) atoms. The molecule has 0 bridgehead atoms. The van der Waals surface area contributed by atoms with Gasteiger partial charge in [0.25, 0.3) is 5.69 Å². The minimum atomic E-state index is -0.434. The highest BCUT2D eigenvalue weighted by Gasteiger charge is 2.12. The molecule has 1 heterocycles. The number of nitro groups is 1. The fourth-order valence-electron chi connectivity index (χ4n) is 2.91. The lowest BCUT2D eigenvalue weighted by Crippen LogP contribution is -2.00. The van der Waals surface area contributed by atoms with Gasteiger partial charge < -0.3 is 9.47 Å². The average Bonchev–Trinajstić information content (AvgIpc) is 3.21. The number of hydrogen-bond acceptors (Lipinski definition) is 8. The molecular formula is C22H17BrN4O4S. The van der Waals surface area contributed by atoms with E-state index in [1.807, 2.05) is 30.3 Å². The van der Waals surface area contributed by atoms with Crippen molar-refractivity contribution in [1.29, 1.82) is 0 Å². The quantitative estimate of drug-likeness (QED) is 0.176. The third-order valence-electron chi connectivity index (χ3n) is 4.45. The molecule has 0 aliphatic heterocycles. The Morgan fingerprint density at radius 3 is 2.72 bits per heavy atom. The number of nitrogens with zero attached hydrogens (tertiary/aromatic N) is 3. The van der Waals surface area contributed by atoms with Crippen LogP contribution in [0.2, 0.25) is 0 Å². The molecule has 3 aromatic carbocycles. The number of nitro benzene ring substituents is 1. The number of hydrogen-bond donors (Lipinski definition) is 1. The van der Waals surface area contributed by atoms with E-state index in [1.165, 1.54) is 23.5 Å². The molecule has 0 fully saturated rings. The van der Waals surface area contributed by atoms with Crippen LogP contribution in [0.4, 0.5) is 10.8 Å². The SMILES string of the molecule is COc1cc(/C=N\Nc2nc3ccccc3s2)cc(Br)c1OCc1ccc([N+](=O)[O-])cc1. The second-order valence-electron chi connectivity index (χ2n) is 6.60. The van der Waals surface area contributed by atoms with Gasteiger partial charge in [0, 0.05) is 12.1 Å². The Labute approximate surface area is 195 Å². The normalized spacial score (nSPS) is 11.1. The summed E-state index contributed by atoms with van der Waals surface area (Å²) in [5.74, 6) is 1.06. The van der Waals surface area contributed by atoms with E-state index in [0.29, 0.717) is 21.1 Å². The number of ether oxygens (including phenoxy) is 2. The summed E-state index contributed by atoms with van der Waals surface area (Å²) in [4.78, 5) is 14.8. The van der Waals surface area contributed by atoms with E-state index in [0.717, 1.165) is 21.3 Å². The molecule has 1 aromatic heterocycles. The molecule has 4 rings (SSSR count). The first kappa shape index (κ1) is 21.7. The molecule has 0 saturated heterocycles. The van der Waals surface area contributed by atoms with Crippen molar-refractivity contribution < 1.29 is 14.4 Å². The van der Waals surface area contributed by atoms with E-state index in [1.54, 1.807) is 31.5 Å². The Hall–Kier alpha value is -3.50. The third-order valence-corrected chi connectivity index (χ3v) is 5.98. The highest BCUT2D eigenvalue weighted by atomic mass is 79.9. The zero-order valence-electron chi connectivity index (χ0n) is 16.8. The van der Waals surface area contributed by atoms with Crippen LogP contribution in [0.25, 0.3) is 10.2 Å². The lowest BCUT2D eigenvalue weighted by atomic mass is 10.2. The molecule has 162 valence electrons. The monoisotopic (exact) mass is 512 g/mol. The zero-order chi connectivity index (χ0) is 22.5. The van der Waals surface area contributed by atoms with Gasteiger partial charge in [0.15, 0.2) is 11.5 Å². The van der Waals surface area contributed by atoms with E-state index in [-0.39, 0.29) is 12.3 Å². The van der Waals surface area contributed by atoms with E-state index in [2.05, 4.69) is 31.4 Å². The van der Waals surface area contributed by atoms with Crippen molar-refractivity contribution in [3.63, 3.8) is 0 Å². The maximum atomic E-state index is 10.8. The molecule has 0 aliphatic carbocycles. The van der Waals surface area contributed by atoms with E-state index in [4.69, 9.17) is 9.47 Å². The van der Waals surface area contributed by atoms with Crippen molar-refractivity contribution in [2.75, 3.05) is 12.5 Å². The predicted molar refractivity (Wildman–Crippen MR) is 129 cm³/mol. The van der Waals surface area contributed by atoms with Crippen LogP contribution < -0.4 is 14.9 Å². The number of fused-ring (bicyclic) bond motifs is 1. The first-order chi connectivity index (χ1) is 15.5. The van der Waals surface area contributed by atoms with Gasteiger partial charge in [-0.3, -0.25) is 15.5 Å². The number of methoxy groups -OCH3 is 1. The topological polar surface area (TPSA) is 98.9 Å². The second kappa shape index (κ2) is 9.75. The maximum absolute atomic E-state index is 10.8. The number of hydrazone groups is 1. The number of non-ortho nitro benzene ring substituents is 1. The molecule has 0 spiro atoms. The molecule has 0 unspecified atom stereocenters. The van der Waals surface area contributed by atoms with Gasteiger partial charge in [0.1, 0.15) is 6.61 Å². The molecule has 4 aromatic rings. The van der Waals surface area contributed by atoms with Gasteiger partial charge in [0.2, 0.25) is 5.13 Å². The van der Waals surface area contributed by atoms with Crippen molar-refractivity contribution in [1.82, 2.24) is 4.98 Å². The first-order valence-corrected chi connectivity index (χ1v) is 11.0. The predicted octanol–water partition coefficient (Wildman–Crippen LogP) is 6.00. The van der Waals surface area contributed by atoms with Crippen LogP contribution in [0.15, 0.2) is 70.2 Å². The van der Waals surface area contributed by atoms with E-state index < -0.39 is 4.92 Å². The largest absolute Gasteiger partial charge is 0.493 e. The Morgan fingerprint density at radius 2 is 2.00 bits per heavy atom. The Bertz CT molecular complexity index is 1260. The van der Waals surface area contributed by atoms with Gasteiger partial charge in [-0.2, -0.15) is 5.10 Å². The number of nitrogens with one attached hydrogen (secondary N) is 1. The molecule has 0 saturated carbocycles. The van der Waals surface area contributed by atoms with Crippen molar-refractivity contribution >= 4 is 54.5 Å². The van der Waals surface area contributed by atoms with Crippen LogP contribution in [-0.2, 0) is 6.61 Å². The third kappa shape index (κ3) is 5.04.